The van der Waals surface area contributed by atoms with Gasteiger partial charge in [-0.15, -0.1) is 12.4 Å². The van der Waals surface area contributed by atoms with E-state index in [2.05, 4.69) is 10.4 Å². The molecule has 2 saturated heterocycles. The predicted molar refractivity (Wildman–Crippen MR) is 107 cm³/mol. The van der Waals surface area contributed by atoms with E-state index in [0.717, 1.165) is 31.5 Å². The molecule has 2 aliphatic rings. The van der Waals surface area contributed by atoms with Crippen LogP contribution in [0.1, 0.15) is 41.0 Å². The minimum Gasteiger partial charge on any atom is -0.370 e. The van der Waals surface area contributed by atoms with Gasteiger partial charge in [-0.25, -0.2) is 0 Å². The standard InChI is InChI=1S/C19H23ClN4O2.ClH/c20-16-6-2-1-5-15(16)18-13-23(10-11-26-18)19(25)17-7-9-24(22-17)14-4-3-8-21-12-14;/h1-2,5-7,9,14,18,21H,3-4,8,10-13H2;1H. The van der Waals surface area contributed by atoms with E-state index in [-0.39, 0.29) is 24.4 Å². The SMILES string of the molecule is Cl.O=C(c1ccn(C2CCCNC2)n1)N1CCOC(c2ccccc2Cl)C1. The van der Waals surface area contributed by atoms with Crippen LogP contribution >= 0.6 is 24.0 Å². The van der Waals surface area contributed by atoms with Crippen molar-refractivity contribution in [3.8, 4) is 0 Å². The maximum atomic E-state index is 12.9. The first-order valence-corrected chi connectivity index (χ1v) is 9.51. The Balaban J connectivity index is 0.00000210. The average molecular weight is 411 g/mol. The lowest BCUT2D eigenvalue weighted by molar-refractivity contribution is -0.0230. The van der Waals surface area contributed by atoms with E-state index in [0.29, 0.717) is 36.5 Å². The van der Waals surface area contributed by atoms with Crippen molar-refractivity contribution < 1.29 is 9.53 Å². The number of benzene rings is 1. The molecule has 6 nitrogen and oxygen atoms in total. The van der Waals surface area contributed by atoms with Gasteiger partial charge in [-0.3, -0.25) is 9.48 Å². The Bertz CT molecular complexity index is 777. The summed E-state index contributed by atoms with van der Waals surface area (Å²) in [6.45, 7) is 3.51. The second kappa shape index (κ2) is 9.06. The highest BCUT2D eigenvalue weighted by Crippen LogP contribution is 2.28. The lowest BCUT2D eigenvalue weighted by Crippen LogP contribution is -2.42. The van der Waals surface area contributed by atoms with Gasteiger partial charge >= 0.3 is 0 Å². The maximum Gasteiger partial charge on any atom is 0.274 e. The number of morpholine rings is 1. The van der Waals surface area contributed by atoms with Crippen molar-refractivity contribution in [3.63, 3.8) is 0 Å². The summed E-state index contributed by atoms with van der Waals surface area (Å²) in [6.07, 6.45) is 3.94. The molecule has 0 spiro atoms. The molecule has 3 heterocycles. The van der Waals surface area contributed by atoms with Gasteiger partial charge in [-0.05, 0) is 31.5 Å². The van der Waals surface area contributed by atoms with Crippen molar-refractivity contribution in [2.75, 3.05) is 32.8 Å². The number of ether oxygens (including phenoxy) is 1. The lowest BCUT2D eigenvalue weighted by atomic mass is 10.1. The van der Waals surface area contributed by atoms with Crippen LogP contribution in [0.3, 0.4) is 0 Å². The van der Waals surface area contributed by atoms with Crippen molar-refractivity contribution in [1.82, 2.24) is 20.0 Å². The van der Waals surface area contributed by atoms with Crippen LogP contribution in [0.2, 0.25) is 5.02 Å². The molecule has 2 aromatic rings. The van der Waals surface area contributed by atoms with E-state index in [4.69, 9.17) is 16.3 Å². The summed E-state index contributed by atoms with van der Waals surface area (Å²) < 4.78 is 7.77. The van der Waals surface area contributed by atoms with Crippen LogP contribution in [-0.4, -0.2) is 53.4 Å². The van der Waals surface area contributed by atoms with Crippen LogP contribution in [0.25, 0.3) is 0 Å². The molecule has 4 rings (SSSR count). The number of nitrogens with one attached hydrogen (secondary N) is 1. The number of carbonyl (C=O) groups is 1. The molecular weight excluding hydrogens is 387 g/mol. The summed E-state index contributed by atoms with van der Waals surface area (Å²) in [6, 6.07) is 9.77. The van der Waals surface area contributed by atoms with Crippen molar-refractivity contribution in [2.24, 2.45) is 0 Å². The van der Waals surface area contributed by atoms with Crippen molar-refractivity contribution in [1.29, 1.82) is 0 Å². The molecule has 0 radical (unpaired) electrons. The number of halogens is 2. The molecule has 2 aliphatic heterocycles. The first-order chi connectivity index (χ1) is 12.7. The van der Waals surface area contributed by atoms with E-state index in [1.54, 1.807) is 0 Å². The minimum atomic E-state index is -0.203. The third kappa shape index (κ3) is 4.46. The molecule has 2 fully saturated rings. The van der Waals surface area contributed by atoms with E-state index >= 15 is 0 Å². The molecule has 8 heteroatoms. The third-order valence-electron chi connectivity index (χ3n) is 5.08. The van der Waals surface area contributed by atoms with Crippen LogP contribution in [0.5, 0.6) is 0 Å². The quantitative estimate of drug-likeness (QED) is 0.844. The van der Waals surface area contributed by atoms with Crippen molar-refractivity contribution >= 4 is 29.9 Å². The molecule has 146 valence electrons. The second-order valence-corrected chi connectivity index (χ2v) is 7.22. The van der Waals surface area contributed by atoms with Gasteiger partial charge in [0.1, 0.15) is 11.8 Å². The van der Waals surface area contributed by atoms with Gasteiger partial charge in [0.05, 0.1) is 19.2 Å². The van der Waals surface area contributed by atoms with Crippen molar-refractivity contribution in [2.45, 2.75) is 25.0 Å². The van der Waals surface area contributed by atoms with Gasteiger partial charge in [0, 0.05) is 29.9 Å². The fraction of sp³-hybridized carbons (Fsp3) is 0.474. The molecule has 1 amide bonds. The topological polar surface area (TPSA) is 59.4 Å². The normalized spacial score (nSPS) is 22.9. The molecule has 2 atom stereocenters. The number of aromatic nitrogens is 2. The Kier molecular flexibility index (Phi) is 6.76. The third-order valence-corrected chi connectivity index (χ3v) is 5.42. The molecule has 1 aromatic carbocycles. The zero-order chi connectivity index (χ0) is 17.9. The summed E-state index contributed by atoms with van der Waals surface area (Å²) in [7, 11) is 0. The van der Waals surface area contributed by atoms with Crippen LogP contribution in [0.15, 0.2) is 36.5 Å². The van der Waals surface area contributed by atoms with Crippen LogP contribution in [0, 0.1) is 0 Å². The molecule has 0 bridgehead atoms. The van der Waals surface area contributed by atoms with Crippen molar-refractivity contribution in [3.05, 3.63) is 52.8 Å². The largest absolute Gasteiger partial charge is 0.370 e. The van der Waals surface area contributed by atoms with E-state index < -0.39 is 0 Å². The lowest BCUT2D eigenvalue weighted by Gasteiger charge is -2.33. The van der Waals surface area contributed by atoms with Crippen LogP contribution < -0.4 is 5.32 Å². The Hall–Kier alpha value is -1.60. The minimum absolute atomic E-state index is 0. The first-order valence-electron chi connectivity index (χ1n) is 9.13. The Morgan fingerprint density at radius 1 is 1.30 bits per heavy atom. The fourth-order valence-electron chi connectivity index (χ4n) is 3.63. The average Bonchev–Trinajstić information content (AvgIpc) is 3.19. The number of hydrogen-bond donors (Lipinski definition) is 1. The van der Waals surface area contributed by atoms with E-state index in [1.165, 1.54) is 0 Å². The number of hydrogen-bond acceptors (Lipinski definition) is 4. The van der Waals surface area contributed by atoms with Crippen LogP contribution in [-0.2, 0) is 4.74 Å². The number of amides is 1. The predicted octanol–water partition coefficient (Wildman–Crippen LogP) is 3.10. The number of piperidine rings is 1. The van der Waals surface area contributed by atoms with Gasteiger partial charge in [0.2, 0.25) is 0 Å². The number of rotatable bonds is 3. The van der Waals surface area contributed by atoms with Crippen LogP contribution in [0.4, 0.5) is 0 Å². The molecule has 2 unspecified atom stereocenters. The Labute approximate surface area is 170 Å². The molecular formula is C19H24Cl2N4O2. The molecule has 1 aromatic heterocycles. The fourth-order valence-corrected chi connectivity index (χ4v) is 3.89. The highest BCUT2D eigenvalue weighted by Gasteiger charge is 2.28. The highest BCUT2D eigenvalue weighted by atomic mass is 35.5. The number of nitrogens with zero attached hydrogens (tertiary/aromatic N) is 3. The molecule has 0 saturated carbocycles. The molecule has 1 N–H and O–H groups in total. The number of carbonyl (C=O) groups excluding carboxylic acids is 1. The second-order valence-electron chi connectivity index (χ2n) is 6.81. The van der Waals surface area contributed by atoms with E-state index in [1.807, 2.05) is 46.1 Å². The van der Waals surface area contributed by atoms with Gasteiger partial charge < -0.3 is 15.0 Å². The molecule has 27 heavy (non-hydrogen) atoms. The summed E-state index contributed by atoms with van der Waals surface area (Å²) in [4.78, 5) is 14.7. The summed E-state index contributed by atoms with van der Waals surface area (Å²) in [5.41, 5.74) is 1.42. The Morgan fingerprint density at radius 3 is 2.93 bits per heavy atom. The van der Waals surface area contributed by atoms with Gasteiger partial charge in [0.15, 0.2) is 0 Å². The zero-order valence-electron chi connectivity index (χ0n) is 15.0. The van der Waals surface area contributed by atoms with Gasteiger partial charge in [-0.2, -0.15) is 5.10 Å². The first kappa shape index (κ1) is 20.1. The van der Waals surface area contributed by atoms with E-state index in [9.17, 15) is 4.79 Å². The zero-order valence-corrected chi connectivity index (χ0v) is 16.6. The smallest absolute Gasteiger partial charge is 0.274 e. The Morgan fingerprint density at radius 2 is 2.15 bits per heavy atom. The molecule has 0 aliphatic carbocycles. The highest BCUT2D eigenvalue weighted by molar-refractivity contribution is 6.31. The monoisotopic (exact) mass is 410 g/mol. The van der Waals surface area contributed by atoms with Gasteiger partial charge in [-0.1, -0.05) is 29.8 Å². The summed E-state index contributed by atoms with van der Waals surface area (Å²) >= 11 is 6.29. The maximum absolute atomic E-state index is 12.9. The summed E-state index contributed by atoms with van der Waals surface area (Å²) in [5, 5.41) is 8.59. The summed E-state index contributed by atoms with van der Waals surface area (Å²) in [5.74, 6) is -0.0483. The van der Waals surface area contributed by atoms with Gasteiger partial charge in [0.25, 0.3) is 5.91 Å².